The zero-order valence-corrected chi connectivity index (χ0v) is 13.8. The summed E-state index contributed by atoms with van der Waals surface area (Å²) < 4.78 is 83.2. The Morgan fingerprint density at radius 1 is 1.09 bits per heavy atom. The van der Waals surface area contributed by atoms with Gasteiger partial charge in [0.25, 0.3) is 0 Å². The van der Waals surface area contributed by atoms with Crippen molar-refractivity contribution < 1.29 is 48.9 Å². The van der Waals surface area contributed by atoms with E-state index in [1.807, 2.05) is 18.0 Å². The third-order valence-corrected chi connectivity index (χ3v) is 5.87. The summed E-state index contributed by atoms with van der Waals surface area (Å²) in [5.41, 5.74) is -4.97. The molecule has 0 heterocycles. The molecule has 1 rings (SSSR count). The van der Waals surface area contributed by atoms with Crippen molar-refractivity contribution in [2.24, 2.45) is 0 Å². The molecular formula is C11H13F3LiNO4S2. The van der Waals surface area contributed by atoms with Gasteiger partial charge in [-0.15, -0.1) is 0 Å². The molecule has 0 aliphatic carbocycles. The maximum atomic E-state index is 12.1. The van der Waals surface area contributed by atoms with Gasteiger partial charge in [-0.2, -0.15) is 13.2 Å². The average molecular weight is 351 g/mol. The molecule has 1 atom stereocenters. The van der Waals surface area contributed by atoms with Gasteiger partial charge in [0.15, 0.2) is 10.0 Å². The fourth-order valence-corrected chi connectivity index (χ4v) is 3.61. The van der Waals surface area contributed by atoms with E-state index in [4.69, 9.17) is 0 Å². The molecular weight excluding hydrogens is 338 g/mol. The number of nitrogens with zero attached hydrogens (tertiary/aromatic N) is 1. The van der Waals surface area contributed by atoms with Crippen LogP contribution in [0.3, 0.4) is 0 Å². The van der Waals surface area contributed by atoms with Gasteiger partial charge in [0.1, 0.15) is 10.0 Å². The first-order valence-electron chi connectivity index (χ1n) is 5.81. The maximum Gasteiger partial charge on any atom is 1.00 e. The molecule has 5 nitrogen and oxygen atoms in total. The van der Waals surface area contributed by atoms with E-state index in [1.54, 1.807) is 0 Å². The van der Waals surface area contributed by atoms with Gasteiger partial charge in [-0.3, -0.25) is 0 Å². The summed E-state index contributed by atoms with van der Waals surface area (Å²) in [6, 6.07) is 4.89. The largest absolute Gasteiger partial charge is 1.00 e. The second kappa shape index (κ2) is 7.36. The fourth-order valence-electron chi connectivity index (χ4n) is 1.42. The standard InChI is InChI=1S/C11H13F3NO4S2.Li/c1-3-8(2)9-4-6-10(7-5-9)20(16,17)15-21(18,19)11(12,13)14;/h4-8H,3H2,1-2H3;/q-1;+1. The minimum absolute atomic E-state index is 0. The van der Waals surface area contributed by atoms with Gasteiger partial charge in [-0.25, -0.2) is 16.8 Å². The molecule has 0 spiro atoms. The van der Waals surface area contributed by atoms with E-state index in [1.165, 1.54) is 12.1 Å². The van der Waals surface area contributed by atoms with Crippen molar-refractivity contribution >= 4 is 20.0 Å². The second-order valence-electron chi connectivity index (χ2n) is 4.35. The van der Waals surface area contributed by atoms with Crippen LogP contribution in [0.25, 0.3) is 4.13 Å². The Labute approximate surface area is 139 Å². The van der Waals surface area contributed by atoms with Crippen LogP contribution in [-0.4, -0.2) is 22.3 Å². The van der Waals surface area contributed by atoms with Gasteiger partial charge in [0.2, 0.25) is 0 Å². The Morgan fingerprint density at radius 2 is 1.55 bits per heavy atom. The number of hydrogen-bond acceptors (Lipinski definition) is 4. The SMILES string of the molecule is CCC(C)c1ccc(S(=O)(=O)[N-]S(=O)(=O)C(F)(F)F)cc1.[Li+]. The molecule has 0 bridgehead atoms. The van der Waals surface area contributed by atoms with Crippen LogP contribution in [0.5, 0.6) is 0 Å². The maximum absolute atomic E-state index is 12.1. The monoisotopic (exact) mass is 351 g/mol. The number of rotatable bonds is 5. The van der Waals surface area contributed by atoms with E-state index in [9.17, 15) is 30.0 Å². The van der Waals surface area contributed by atoms with Gasteiger partial charge < -0.3 is 4.13 Å². The van der Waals surface area contributed by atoms with E-state index in [2.05, 4.69) is 0 Å². The van der Waals surface area contributed by atoms with Gasteiger partial charge in [0, 0.05) is 4.90 Å². The molecule has 0 fully saturated rings. The fraction of sp³-hybridized carbons (Fsp3) is 0.455. The van der Waals surface area contributed by atoms with Crippen molar-refractivity contribution in [3.8, 4) is 0 Å². The molecule has 1 unspecified atom stereocenters. The van der Waals surface area contributed by atoms with Gasteiger partial charge >= 0.3 is 24.4 Å². The van der Waals surface area contributed by atoms with Crippen molar-refractivity contribution in [1.82, 2.24) is 0 Å². The summed E-state index contributed by atoms with van der Waals surface area (Å²) in [6.07, 6.45) is 0.791. The molecule has 22 heavy (non-hydrogen) atoms. The van der Waals surface area contributed by atoms with E-state index in [-0.39, 0.29) is 24.8 Å². The molecule has 11 heteroatoms. The predicted octanol–water partition coefficient (Wildman–Crippen LogP) is 0.116. The summed E-state index contributed by atoms with van der Waals surface area (Å²) in [5, 5.41) is 0. The first-order valence-corrected chi connectivity index (χ1v) is 8.69. The van der Waals surface area contributed by atoms with E-state index < -0.39 is 30.5 Å². The molecule has 0 aliphatic rings. The predicted molar refractivity (Wildman–Crippen MR) is 70.7 cm³/mol. The Hall–Kier alpha value is -0.533. The zero-order chi connectivity index (χ0) is 16.5. The van der Waals surface area contributed by atoms with Crippen LogP contribution in [0, 0.1) is 0 Å². The molecule has 0 N–H and O–H groups in total. The smallest absolute Gasteiger partial charge is 0.424 e. The van der Waals surface area contributed by atoms with Gasteiger partial charge in [0.05, 0.1) is 0 Å². The molecule has 0 saturated carbocycles. The number of halogens is 3. The zero-order valence-electron chi connectivity index (χ0n) is 12.1. The quantitative estimate of drug-likeness (QED) is 0.706. The number of alkyl halides is 3. The Bertz CT molecular complexity index is 700. The summed E-state index contributed by atoms with van der Waals surface area (Å²) >= 11 is 0. The van der Waals surface area contributed by atoms with Crippen LogP contribution in [0.4, 0.5) is 13.2 Å². The summed E-state index contributed by atoms with van der Waals surface area (Å²) in [4.78, 5) is -0.609. The first kappa shape index (κ1) is 21.5. The summed E-state index contributed by atoms with van der Waals surface area (Å²) in [6.45, 7) is 3.81. The number of hydrogen-bond donors (Lipinski definition) is 0. The molecule has 120 valence electrons. The van der Waals surface area contributed by atoms with Crippen LogP contribution in [0.2, 0.25) is 0 Å². The third kappa shape index (κ3) is 4.99. The van der Waals surface area contributed by atoms with Crippen LogP contribution in [-0.2, 0) is 20.0 Å². The Kier molecular flexibility index (Phi) is 7.18. The summed E-state index contributed by atoms with van der Waals surface area (Å²) in [7, 11) is -11.0. The normalized spacial score (nSPS) is 14.2. The van der Waals surface area contributed by atoms with E-state index in [0.29, 0.717) is 0 Å². The Morgan fingerprint density at radius 3 is 1.91 bits per heavy atom. The molecule has 0 radical (unpaired) electrons. The minimum atomic E-state index is -6.10. The van der Waals surface area contributed by atoms with Crippen LogP contribution >= 0.6 is 0 Å². The molecule has 1 aromatic carbocycles. The van der Waals surface area contributed by atoms with Crippen molar-refractivity contribution in [3.63, 3.8) is 0 Å². The number of benzene rings is 1. The van der Waals surface area contributed by atoms with Crippen LogP contribution in [0.1, 0.15) is 31.7 Å². The average Bonchev–Trinajstić information content (AvgIpc) is 2.35. The van der Waals surface area contributed by atoms with Crippen LogP contribution in [0.15, 0.2) is 29.2 Å². The molecule has 0 amide bonds. The third-order valence-electron chi connectivity index (χ3n) is 2.85. The topological polar surface area (TPSA) is 82.4 Å². The summed E-state index contributed by atoms with van der Waals surface area (Å²) in [5.74, 6) is 0.137. The molecule has 0 aromatic heterocycles. The van der Waals surface area contributed by atoms with Gasteiger partial charge in [-0.1, -0.05) is 26.0 Å². The van der Waals surface area contributed by atoms with E-state index >= 15 is 0 Å². The minimum Gasteiger partial charge on any atom is -0.424 e. The van der Waals surface area contributed by atoms with E-state index in [0.717, 1.165) is 24.1 Å². The van der Waals surface area contributed by atoms with Crippen LogP contribution < -0.4 is 18.9 Å². The molecule has 1 aromatic rings. The molecule has 0 saturated heterocycles. The van der Waals surface area contributed by atoms with Crippen molar-refractivity contribution in [2.75, 3.05) is 0 Å². The number of sulfonamides is 2. The Balaban J connectivity index is 0.00000441. The second-order valence-corrected chi connectivity index (χ2v) is 7.78. The molecule has 0 aliphatic heterocycles. The van der Waals surface area contributed by atoms with Crippen molar-refractivity contribution in [3.05, 3.63) is 34.0 Å². The van der Waals surface area contributed by atoms with Gasteiger partial charge in [-0.05, 0) is 30.0 Å². The first-order chi connectivity index (χ1) is 9.40. The van der Waals surface area contributed by atoms with Crippen molar-refractivity contribution in [1.29, 1.82) is 0 Å². The van der Waals surface area contributed by atoms with Crippen molar-refractivity contribution in [2.45, 2.75) is 36.6 Å².